The van der Waals surface area contributed by atoms with Gasteiger partial charge in [-0.05, 0) is 44.9 Å². The molecule has 0 amide bonds. The normalized spacial score (nSPS) is 17.4. The van der Waals surface area contributed by atoms with Gasteiger partial charge in [-0.25, -0.2) is 0 Å². The highest BCUT2D eigenvalue weighted by molar-refractivity contribution is 14.0. The van der Waals surface area contributed by atoms with Gasteiger partial charge in [-0.3, -0.25) is 14.9 Å². The highest BCUT2D eigenvalue weighted by Gasteiger charge is 2.19. The number of pyridine rings is 1. The summed E-state index contributed by atoms with van der Waals surface area (Å²) < 4.78 is 5.31. The van der Waals surface area contributed by atoms with Crippen molar-refractivity contribution in [3.05, 3.63) is 30.2 Å². The number of piperidine rings is 1. The van der Waals surface area contributed by atoms with Crippen molar-refractivity contribution < 1.29 is 4.52 Å². The third-order valence-electron chi connectivity index (χ3n) is 5.21. The van der Waals surface area contributed by atoms with E-state index in [0.717, 1.165) is 31.6 Å². The maximum absolute atomic E-state index is 5.31. The quantitative estimate of drug-likeness (QED) is 0.294. The lowest BCUT2D eigenvalue weighted by atomic mass is 10.0. The number of aromatic nitrogens is 3. The van der Waals surface area contributed by atoms with Gasteiger partial charge >= 0.3 is 0 Å². The van der Waals surface area contributed by atoms with E-state index in [-0.39, 0.29) is 24.0 Å². The summed E-state index contributed by atoms with van der Waals surface area (Å²) in [5, 5.41) is 10.7. The summed E-state index contributed by atoms with van der Waals surface area (Å²) in [6.07, 6.45) is 7.60. The summed E-state index contributed by atoms with van der Waals surface area (Å²) in [6.45, 7) is 8.91. The van der Waals surface area contributed by atoms with Crippen molar-refractivity contribution in [2.24, 2.45) is 4.99 Å². The van der Waals surface area contributed by atoms with Crippen molar-refractivity contribution in [1.29, 1.82) is 0 Å². The zero-order chi connectivity index (χ0) is 20.3. The van der Waals surface area contributed by atoms with Crippen molar-refractivity contribution in [3.8, 4) is 11.6 Å². The van der Waals surface area contributed by atoms with Crippen molar-refractivity contribution in [2.45, 2.75) is 52.0 Å². The third-order valence-corrected chi connectivity index (χ3v) is 5.21. The Balaban J connectivity index is 0.00000320. The van der Waals surface area contributed by atoms with E-state index in [4.69, 9.17) is 9.52 Å². The second kappa shape index (κ2) is 13.5. The first-order valence-corrected chi connectivity index (χ1v) is 10.8. The van der Waals surface area contributed by atoms with Crippen molar-refractivity contribution in [1.82, 2.24) is 30.7 Å². The second-order valence-corrected chi connectivity index (χ2v) is 7.26. The Bertz CT molecular complexity index is 753. The monoisotopic (exact) mass is 527 g/mol. The van der Waals surface area contributed by atoms with E-state index < -0.39 is 0 Å². The largest absolute Gasteiger partial charge is 0.357 e. The van der Waals surface area contributed by atoms with Gasteiger partial charge in [0.1, 0.15) is 5.69 Å². The summed E-state index contributed by atoms with van der Waals surface area (Å²) in [5.74, 6) is 1.95. The van der Waals surface area contributed by atoms with Crippen molar-refractivity contribution in [3.63, 3.8) is 0 Å². The Kier molecular flexibility index (Phi) is 11.1. The minimum absolute atomic E-state index is 0. The molecule has 0 radical (unpaired) electrons. The minimum atomic E-state index is 0. The van der Waals surface area contributed by atoms with Crippen LogP contribution in [-0.4, -0.2) is 64.7 Å². The van der Waals surface area contributed by atoms with Crippen LogP contribution in [0.25, 0.3) is 11.6 Å². The Hall–Kier alpha value is -1.75. The van der Waals surface area contributed by atoms with E-state index in [1.807, 2.05) is 18.2 Å². The molecule has 1 atom stereocenters. The zero-order valence-electron chi connectivity index (χ0n) is 18.0. The lowest BCUT2D eigenvalue weighted by molar-refractivity contribution is 0.148. The number of hydrogen-bond acceptors (Lipinski definition) is 6. The molecular formula is C21H34IN7O. The molecule has 8 nitrogen and oxygen atoms in total. The van der Waals surface area contributed by atoms with Gasteiger partial charge < -0.3 is 15.2 Å². The standard InChI is InChI=1S/C21H33N7O.HI/c1-3-17-9-6-8-15-28(17)16-14-25-21(22-4-2)24-13-11-19-26-20(29-27-19)18-10-5-7-12-23-18;/h5,7,10,12,17H,3-4,6,8-9,11,13-16H2,1-2H3,(H2,22,24,25);1H. The molecular weight excluding hydrogens is 493 g/mol. The molecule has 2 aromatic rings. The number of guanidine groups is 1. The molecule has 0 spiro atoms. The average Bonchev–Trinajstić information content (AvgIpc) is 3.24. The average molecular weight is 527 g/mol. The molecule has 0 saturated carbocycles. The lowest BCUT2D eigenvalue weighted by Gasteiger charge is -2.34. The Morgan fingerprint density at radius 1 is 1.27 bits per heavy atom. The van der Waals surface area contributed by atoms with Crippen LogP contribution in [0.3, 0.4) is 0 Å². The molecule has 166 valence electrons. The molecule has 9 heteroatoms. The van der Waals surface area contributed by atoms with Crippen LogP contribution in [0.5, 0.6) is 0 Å². The van der Waals surface area contributed by atoms with Gasteiger partial charge in [0.05, 0.1) is 6.54 Å². The molecule has 2 N–H and O–H groups in total. The zero-order valence-corrected chi connectivity index (χ0v) is 20.3. The summed E-state index contributed by atoms with van der Waals surface area (Å²) in [4.78, 5) is 16.0. The molecule has 0 bridgehead atoms. The van der Waals surface area contributed by atoms with Crippen LogP contribution in [-0.2, 0) is 6.42 Å². The van der Waals surface area contributed by atoms with Gasteiger partial charge in [-0.2, -0.15) is 4.98 Å². The van der Waals surface area contributed by atoms with Crippen LogP contribution in [0.15, 0.2) is 33.9 Å². The number of likely N-dealkylation sites (tertiary alicyclic amines) is 1. The molecule has 30 heavy (non-hydrogen) atoms. The van der Waals surface area contributed by atoms with E-state index in [1.165, 1.54) is 32.2 Å². The van der Waals surface area contributed by atoms with Gasteiger partial charge in [0.15, 0.2) is 11.8 Å². The first-order valence-electron chi connectivity index (χ1n) is 10.8. The molecule has 1 saturated heterocycles. The number of nitrogens with zero attached hydrogens (tertiary/aromatic N) is 5. The van der Waals surface area contributed by atoms with Gasteiger partial charge in [0, 0.05) is 38.3 Å². The number of halogens is 1. The summed E-state index contributed by atoms with van der Waals surface area (Å²) >= 11 is 0. The van der Waals surface area contributed by atoms with Crippen molar-refractivity contribution in [2.75, 3.05) is 32.7 Å². The van der Waals surface area contributed by atoms with Crippen LogP contribution < -0.4 is 10.6 Å². The molecule has 3 rings (SSSR count). The molecule has 0 aliphatic carbocycles. The van der Waals surface area contributed by atoms with Gasteiger partial charge in [0.2, 0.25) is 0 Å². The number of aliphatic imine (C=N–C) groups is 1. The second-order valence-electron chi connectivity index (χ2n) is 7.26. The number of hydrogen-bond donors (Lipinski definition) is 2. The van der Waals surface area contributed by atoms with Gasteiger partial charge in [-0.15, -0.1) is 24.0 Å². The van der Waals surface area contributed by atoms with Crippen LogP contribution in [0.4, 0.5) is 0 Å². The van der Waals surface area contributed by atoms with Crippen LogP contribution >= 0.6 is 24.0 Å². The van der Waals surface area contributed by atoms with Gasteiger partial charge in [-0.1, -0.05) is 24.6 Å². The van der Waals surface area contributed by atoms with E-state index in [2.05, 4.69) is 44.5 Å². The molecule has 0 aromatic carbocycles. The topological polar surface area (TPSA) is 91.5 Å². The third kappa shape index (κ3) is 7.50. The van der Waals surface area contributed by atoms with Crippen LogP contribution in [0.1, 0.15) is 45.4 Å². The predicted octanol–water partition coefficient (Wildman–Crippen LogP) is 3.11. The smallest absolute Gasteiger partial charge is 0.276 e. The first kappa shape index (κ1) is 24.5. The van der Waals surface area contributed by atoms with Gasteiger partial charge in [0.25, 0.3) is 5.89 Å². The Labute approximate surface area is 196 Å². The Morgan fingerprint density at radius 3 is 2.93 bits per heavy atom. The summed E-state index contributed by atoms with van der Waals surface area (Å²) in [5.41, 5.74) is 0.692. The van der Waals surface area contributed by atoms with E-state index in [1.54, 1.807) is 6.20 Å². The summed E-state index contributed by atoms with van der Waals surface area (Å²) in [7, 11) is 0. The predicted molar refractivity (Wildman–Crippen MR) is 130 cm³/mol. The van der Waals surface area contributed by atoms with Crippen molar-refractivity contribution >= 4 is 29.9 Å². The first-order chi connectivity index (χ1) is 14.3. The lowest BCUT2D eigenvalue weighted by Crippen LogP contribution is -2.42. The van der Waals surface area contributed by atoms with Crippen LogP contribution in [0.2, 0.25) is 0 Å². The molecule has 2 aromatic heterocycles. The highest BCUT2D eigenvalue weighted by atomic mass is 127. The SMILES string of the molecule is CCNC(=NCCN1CCCCC1CC)NCCc1noc(-c2ccccn2)n1.I. The minimum Gasteiger partial charge on any atom is -0.357 e. The number of nitrogens with one attached hydrogen (secondary N) is 2. The molecule has 1 aliphatic rings. The summed E-state index contributed by atoms with van der Waals surface area (Å²) in [6, 6.07) is 6.34. The van der Waals surface area contributed by atoms with Crippen LogP contribution in [0, 0.1) is 0 Å². The molecule has 3 heterocycles. The van der Waals surface area contributed by atoms with E-state index >= 15 is 0 Å². The fraction of sp³-hybridized carbons (Fsp3) is 0.619. The highest BCUT2D eigenvalue weighted by Crippen LogP contribution is 2.18. The molecule has 1 unspecified atom stereocenters. The fourth-order valence-corrected chi connectivity index (χ4v) is 3.69. The van der Waals surface area contributed by atoms with E-state index in [0.29, 0.717) is 30.4 Å². The number of rotatable bonds is 9. The Morgan fingerprint density at radius 2 is 2.17 bits per heavy atom. The fourth-order valence-electron chi connectivity index (χ4n) is 3.69. The van der Waals surface area contributed by atoms with E-state index in [9.17, 15) is 0 Å². The molecule has 1 fully saturated rings. The maximum atomic E-state index is 5.31. The molecule has 1 aliphatic heterocycles. The maximum Gasteiger partial charge on any atom is 0.276 e.